The second kappa shape index (κ2) is 9.12. The van der Waals surface area contributed by atoms with Gasteiger partial charge in [-0.25, -0.2) is 26.9 Å². The Morgan fingerprint density at radius 1 is 1.29 bits per heavy atom. The molecule has 0 radical (unpaired) electrons. The molecule has 1 amide bonds. The number of carboxylic acid groups (broad SMARTS) is 1. The van der Waals surface area contributed by atoms with E-state index < -0.39 is 33.2 Å². The third kappa shape index (κ3) is 4.23. The number of likely N-dealkylation sites (tertiary alicyclic amines) is 1. The minimum absolute atomic E-state index is 0.0791. The number of methoxy groups -OCH3 is 1. The number of fused-ring (bicyclic) bond motifs is 1. The summed E-state index contributed by atoms with van der Waals surface area (Å²) < 4.78 is 47.6. The average Bonchev–Trinajstić information content (AvgIpc) is 3.26. The number of carbonyl (C=O) groups is 1. The van der Waals surface area contributed by atoms with E-state index in [2.05, 4.69) is 9.97 Å². The number of H-pyrrole nitrogens is 1. The maximum Gasteiger partial charge on any atom is 0.407 e. The first kappa shape index (κ1) is 23.6. The molecule has 35 heavy (non-hydrogen) atoms. The highest BCUT2D eigenvalue weighted by Gasteiger charge is 2.51. The molecule has 3 aromatic rings. The van der Waals surface area contributed by atoms with E-state index in [0.29, 0.717) is 31.5 Å². The summed E-state index contributed by atoms with van der Waals surface area (Å²) in [6, 6.07) is 7.48. The Labute approximate surface area is 202 Å². The number of aromatic amines is 1. The number of sulfonamides is 1. The lowest BCUT2D eigenvalue weighted by atomic mass is 9.90. The zero-order chi connectivity index (χ0) is 24.7. The van der Waals surface area contributed by atoms with Crippen LogP contribution < -0.4 is 4.74 Å². The molecule has 0 bridgehead atoms. The number of pyridine rings is 1. The van der Waals surface area contributed by atoms with E-state index in [1.54, 1.807) is 12.3 Å². The smallest absolute Gasteiger partial charge is 0.407 e. The molecule has 4 heterocycles. The van der Waals surface area contributed by atoms with Crippen molar-refractivity contribution < 1.29 is 27.4 Å². The Morgan fingerprint density at radius 3 is 2.74 bits per heavy atom. The number of halogens is 1. The molecule has 0 spiro atoms. The van der Waals surface area contributed by atoms with Crippen LogP contribution >= 0.6 is 0 Å². The summed E-state index contributed by atoms with van der Waals surface area (Å²) in [5, 5.41) is 9.74. The standard InChI is InChI=1S/C24H27FN4O5S/c1-34-21-5-4-15(11-19(21)25)12-20-22(14-29(20)24(30)31)35(32,33)28-9-6-16(7-10-28)18-13-27-23-17(18)3-2-8-26-23/h2-5,8,11,13,16,20,22H,6-7,9-10,12,14H2,1H3,(H,26,27)(H,30,31). The van der Waals surface area contributed by atoms with Crippen LogP contribution in [0.4, 0.5) is 9.18 Å². The minimum atomic E-state index is -3.73. The summed E-state index contributed by atoms with van der Waals surface area (Å²) in [7, 11) is -2.37. The first-order valence-electron chi connectivity index (χ1n) is 11.5. The van der Waals surface area contributed by atoms with Crippen LogP contribution in [0.25, 0.3) is 11.0 Å². The second-order valence-electron chi connectivity index (χ2n) is 9.08. The molecule has 2 aliphatic heterocycles. The molecule has 1 aromatic carbocycles. The lowest BCUT2D eigenvalue weighted by Crippen LogP contribution is -2.67. The number of hydrogen-bond donors (Lipinski definition) is 2. The van der Waals surface area contributed by atoms with Crippen molar-refractivity contribution in [2.75, 3.05) is 26.7 Å². The van der Waals surface area contributed by atoms with E-state index in [9.17, 15) is 22.7 Å². The summed E-state index contributed by atoms with van der Waals surface area (Å²) in [5.41, 5.74) is 2.48. The summed E-state index contributed by atoms with van der Waals surface area (Å²) >= 11 is 0. The predicted octanol–water partition coefficient (Wildman–Crippen LogP) is 3.19. The lowest BCUT2D eigenvalue weighted by molar-refractivity contribution is 0.0764. The van der Waals surface area contributed by atoms with Gasteiger partial charge in [0.2, 0.25) is 10.0 Å². The number of benzene rings is 1. The predicted molar refractivity (Wildman–Crippen MR) is 128 cm³/mol. The number of nitrogens with one attached hydrogen (secondary N) is 1. The maximum absolute atomic E-state index is 14.2. The number of nitrogens with zero attached hydrogens (tertiary/aromatic N) is 3. The molecular formula is C24H27FN4O5S. The van der Waals surface area contributed by atoms with Gasteiger partial charge in [0.05, 0.1) is 13.2 Å². The molecule has 11 heteroatoms. The van der Waals surface area contributed by atoms with Crippen molar-refractivity contribution >= 4 is 27.1 Å². The van der Waals surface area contributed by atoms with Crippen LogP contribution in [0.15, 0.2) is 42.7 Å². The van der Waals surface area contributed by atoms with Gasteiger partial charge in [0.15, 0.2) is 11.6 Å². The zero-order valence-electron chi connectivity index (χ0n) is 19.2. The van der Waals surface area contributed by atoms with Crippen molar-refractivity contribution in [1.82, 2.24) is 19.2 Å². The zero-order valence-corrected chi connectivity index (χ0v) is 20.0. The van der Waals surface area contributed by atoms with Gasteiger partial charge in [0.1, 0.15) is 10.9 Å². The van der Waals surface area contributed by atoms with Gasteiger partial charge in [-0.2, -0.15) is 0 Å². The molecule has 2 N–H and O–H groups in total. The van der Waals surface area contributed by atoms with Gasteiger partial charge in [-0.15, -0.1) is 0 Å². The number of ether oxygens (including phenoxy) is 1. The second-order valence-corrected chi connectivity index (χ2v) is 11.2. The molecule has 186 valence electrons. The Hall–Kier alpha value is -3.18. The quantitative estimate of drug-likeness (QED) is 0.535. The minimum Gasteiger partial charge on any atom is -0.494 e. The molecule has 9 nitrogen and oxygen atoms in total. The van der Waals surface area contributed by atoms with E-state index in [1.165, 1.54) is 23.5 Å². The average molecular weight is 503 g/mol. The number of amides is 1. The van der Waals surface area contributed by atoms with Crippen LogP contribution in [0.3, 0.4) is 0 Å². The van der Waals surface area contributed by atoms with Gasteiger partial charge in [-0.3, -0.25) is 0 Å². The fourth-order valence-corrected chi connectivity index (χ4v) is 7.37. The summed E-state index contributed by atoms with van der Waals surface area (Å²) in [4.78, 5) is 20.3. The Morgan fingerprint density at radius 2 is 2.06 bits per heavy atom. The van der Waals surface area contributed by atoms with Crippen molar-refractivity contribution in [1.29, 1.82) is 0 Å². The van der Waals surface area contributed by atoms with E-state index in [-0.39, 0.29) is 24.6 Å². The van der Waals surface area contributed by atoms with Crippen LogP contribution in [-0.4, -0.2) is 76.8 Å². The Kier molecular flexibility index (Phi) is 6.14. The van der Waals surface area contributed by atoms with Gasteiger partial charge >= 0.3 is 6.09 Å². The summed E-state index contributed by atoms with van der Waals surface area (Å²) in [6.07, 6.45) is 3.95. The summed E-state index contributed by atoms with van der Waals surface area (Å²) in [6.45, 7) is 0.649. The van der Waals surface area contributed by atoms with Crippen molar-refractivity contribution in [2.45, 2.75) is 36.5 Å². The third-order valence-electron chi connectivity index (χ3n) is 7.23. The highest BCUT2D eigenvalue weighted by Crippen LogP contribution is 2.36. The molecule has 0 saturated carbocycles. The van der Waals surface area contributed by atoms with Crippen molar-refractivity contribution in [2.24, 2.45) is 0 Å². The largest absolute Gasteiger partial charge is 0.494 e. The fourth-order valence-electron chi connectivity index (χ4n) is 5.27. The molecule has 5 rings (SSSR count). The summed E-state index contributed by atoms with van der Waals surface area (Å²) in [5.74, 6) is -0.273. The molecule has 2 atom stereocenters. The van der Waals surface area contributed by atoms with Crippen molar-refractivity contribution in [3.05, 3.63) is 59.7 Å². The van der Waals surface area contributed by atoms with Gasteiger partial charge in [0, 0.05) is 37.4 Å². The lowest BCUT2D eigenvalue weighted by Gasteiger charge is -2.48. The normalized spacial score (nSPS) is 21.7. The van der Waals surface area contributed by atoms with Crippen LogP contribution in [-0.2, 0) is 16.4 Å². The molecule has 2 aromatic heterocycles. The van der Waals surface area contributed by atoms with Gasteiger partial charge < -0.3 is 19.7 Å². The van der Waals surface area contributed by atoms with E-state index in [0.717, 1.165) is 21.5 Å². The van der Waals surface area contributed by atoms with Crippen LogP contribution in [0.2, 0.25) is 0 Å². The Balaban J connectivity index is 1.30. The SMILES string of the molecule is COc1ccc(CC2C(S(=O)(=O)N3CCC(c4c[nH]c5ncccc45)CC3)CN2C(=O)O)cc1F. The van der Waals surface area contributed by atoms with Gasteiger partial charge in [0.25, 0.3) is 0 Å². The number of rotatable bonds is 6. The first-order chi connectivity index (χ1) is 16.8. The molecule has 2 fully saturated rings. The highest BCUT2D eigenvalue weighted by atomic mass is 32.2. The van der Waals surface area contributed by atoms with E-state index in [1.807, 2.05) is 18.3 Å². The monoisotopic (exact) mass is 502 g/mol. The fraction of sp³-hybridized carbons (Fsp3) is 0.417. The molecule has 2 unspecified atom stereocenters. The van der Waals surface area contributed by atoms with Crippen LogP contribution in [0, 0.1) is 5.82 Å². The van der Waals surface area contributed by atoms with Gasteiger partial charge in [-0.1, -0.05) is 6.07 Å². The first-order valence-corrected chi connectivity index (χ1v) is 13.0. The number of aromatic nitrogens is 2. The topological polar surface area (TPSA) is 116 Å². The molecule has 0 aliphatic carbocycles. The van der Waals surface area contributed by atoms with Crippen molar-refractivity contribution in [3.63, 3.8) is 0 Å². The highest BCUT2D eigenvalue weighted by molar-refractivity contribution is 7.89. The van der Waals surface area contributed by atoms with E-state index in [4.69, 9.17) is 4.74 Å². The van der Waals surface area contributed by atoms with Crippen molar-refractivity contribution in [3.8, 4) is 5.75 Å². The van der Waals surface area contributed by atoms with E-state index >= 15 is 0 Å². The third-order valence-corrected chi connectivity index (χ3v) is 9.55. The molecule has 2 saturated heterocycles. The number of hydrogen-bond acceptors (Lipinski definition) is 5. The molecule has 2 aliphatic rings. The molecular weight excluding hydrogens is 475 g/mol. The van der Waals surface area contributed by atoms with Crippen LogP contribution in [0.5, 0.6) is 5.75 Å². The van der Waals surface area contributed by atoms with Crippen LogP contribution in [0.1, 0.15) is 29.9 Å². The van der Waals surface area contributed by atoms with Gasteiger partial charge in [-0.05, 0) is 60.6 Å². The Bertz CT molecular complexity index is 1350. The number of piperidine rings is 1. The maximum atomic E-state index is 14.2.